The fourth-order valence-electron chi connectivity index (χ4n) is 2.69. The molecule has 0 spiro atoms. The van der Waals surface area contributed by atoms with Gasteiger partial charge in [-0.2, -0.15) is 0 Å². The summed E-state index contributed by atoms with van der Waals surface area (Å²) < 4.78 is 20.7. The molecule has 0 bridgehead atoms. The molecule has 1 aromatic rings. The Labute approximate surface area is 154 Å². The largest absolute Gasteiger partial charge is 0.410 e. The highest BCUT2D eigenvalue weighted by Crippen LogP contribution is 2.28. The van der Waals surface area contributed by atoms with Gasteiger partial charge in [-0.15, -0.1) is 0 Å². The Hall–Kier alpha value is -1.30. The minimum Gasteiger partial charge on any atom is -0.390 e. The van der Waals surface area contributed by atoms with Crippen LogP contribution in [-0.2, 0) is 13.6 Å². The Morgan fingerprint density at radius 1 is 1.42 bits per heavy atom. The highest BCUT2D eigenvalue weighted by atomic mass is 28.3. The van der Waals surface area contributed by atoms with Gasteiger partial charge in [-0.1, -0.05) is 13.3 Å². The number of unbranched alkanes of at least 4 members (excludes halogenated alkanes) is 1. The van der Waals surface area contributed by atoms with Crippen molar-refractivity contribution in [3.63, 3.8) is 0 Å². The topological polar surface area (TPSA) is 106 Å². The van der Waals surface area contributed by atoms with Crippen LogP contribution < -0.4 is 11.2 Å². The molecule has 10 heteroatoms. The molecule has 2 N–H and O–H groups in total. The monoisotopic (exact) mass is 387 g/mol. The predicted octanol–water partition coefficient (Wildman–Crippen LogP) is -0.394. The van der Waals surface area contributed by atoms with Crippen LogP contribution in [0.1, 0.15) is 38.0 Å². The van der Waals surface area contributed by atoms with E-state index in [0.717, 1.165) is 12.8 Å². The molecule has 148 valence electrons. The number of aromatic amines is 1. The molecule has 2 rings (SSSR count). The van der Waals surface area contributed by atoms with Crippen molar-refractivity contribution < 1.29 is 18.7 Å². The first-order valence-corrected chi connectivity index (χ1v) is 10.3. The third-order valence-electron chi connectivity index (χ3n) is 4.24. The minimum absolute atomic E-state index is 0.190. The van der Waals surface area contributed by atoms with Crippen LogP contribution in [-0.4, -0.2) is 68.2 Å². The zero-order valence-electron chi connectivity index (χ0n) is 15.8. The second kappa shape index (κ2) is 9.58. The Kier molecular flexibility index (Phi) is 7.74. The molecule has 0 saturated carbocycles. The van der Waals surface area contributed by atoms with Crippen molar-refractivity contribution in [3.05, 3.63) is 32.6 Å². The summed E-state index contributed by atoms with van der Waals surface area (Å²) in [6, 6.07) is 0. The minimum atomic E-state index is -2.01. The number of nitrogens with zero attached hydrogens (tertiary/aromatic N) is 2. The standard InChI is InChI=1S/C16H29N3O6Si/c1-5-6-7-23-26(18(3)4)24-10-13-12(20)8-14(25-13)19-9-11(2)15(21)17-16(19)22/h9,12-14,20,26H,5-8,10H2,1-4H3,(H,17,21,22)/t12-,13+,14+,26?/m0/s1. The maximum absolute atomic E-state index is 12.0. The van der Waals surface area contributed by atoms with E-state index in [1.165, 1.54) is 10.8 Å². The number of hydrogen-bond donors (Lipinski definition) is 2. The van der Waals surface area contributed by atoms with E-state index in [-0.39, 0.29) is 13.0 Å². The second-order valence-electron chi connectivity index (χ2n) is 6.74. The van der Waals surface area contributed by atoms with Gasteiger partial charge in [0.2, 0.25) is 0 Å². The second-order valence-corrected chi connectivity index (χ2v) is 9.05. The quantitative estimate of drug-likeness (QED) is 0.439. The van der Waals surface area contributed by atoms with Crippen molar-refractivity contribution >= 4 is 9.45 Å². The fraction of sp³-hybridized carbons (Fsp3) is 0.750. The number of hydrogen-bond acceptors (Lipinski definition) is 7. The Morgan fingerprint density at radius 3 is 2.81 bits per heavy atom. The van der Waals surface area contributed by atoms with Crippen LogP contribution in [0.2, 0.25) is 0 Å². The van der Waals surface area contributed by atoms with Gasteiger partial charge in [0.1, 0.15) is 12.3 Å². The summed E-state index contributed by atoms with van der Waals surface area (Å²) in [5.74, 6) is 0. The maximum atomic E-state index is 12.0. The highest BCUT2D eigenvalue weighted by Gasteiger charge is 2.36. The highest BCUT2D eigenvalue weighted by molar-refractivity contribution is 6.40. The van der Waals surface area contributed by atoms with Crippen molar-refractivity contribution in [1.82, 2.24) is 14.1 Å². The van der Waals surface area contributed by atoms with Crippen LogP contribution >= 0.6 is 0 Å². The number of rotatable bonds is 9. The Bertz CT molecular complexity index is 691. The molecule has 0 aromatic carbocycles. The van der Waals surface area contributed by atoms with Gasteiger partial charge in [-0.25, -0.2) is 4.79 Å². The molecule has 1 aliphatic heterocycles. The number of aliphatic hydroxyl groups excluding tert-OH is 1. The SMILES string of the molecule is CCCCO[SiH](OC[C@H]1O[C@@H](n2cc(C)c(=O)[nH]c2=O)C[C@@H]1O)N(C)C. The van der Waals surface area contributed by atoms with Crippen molar-refractivity contribution in [2.75, 3.05) is 27.3 Å². The molecular weight excluding hydrogens is 358 g/mol. The molecule has 1 aliphatic rings. The lowest BCUT2D eigenvalue weighted by Crippen LogP contribution is -2.42. The Morgan fingerprint density at radius 2 is 2.15 bits per heavy atom. The first kappa shape index (κ1) is 21.0. The molecule has 0 aliphatic carbocycles. The van der Waals surface area contributed by atoms with Gasteiger partial charge in [0.05, 0.1) is 12.7 Å². The van der Waals surface area contributed by atoms with Crippen LogP contribution in [0.15, 0.2) is 15.8 Å². The average molecular weight is 388 g/mol. The summed E-state index contributed by atoms with van der Waals surface area (Å²) >= 11 is 0. The number of ether oxygens (including phenoxy) is 1. The number of H-pyrrole nitrogens is 1. The van der Waals surface area contributed by atoms with Gasteiger partial charge in [-0.3, -0.25) is 18.9 Å². The third kappa shape index (κ3) is 5.35. The zero-order valence-corrected chi connectivity index (χ0v) is 17.0. The summed E-state index contributed by atoms with van der Waals surface area (Å²) in [5, 5.41) is 10.3. The van der Waals surface area contributed by atoms with Crippen molar-refractivity contribution in [2.45, 2.75) is 51.5 Å². The van der Waals surface area contributed by atoms with Crippen molar-refractivity contribution in [1.29, 1.82) is 0 Å². The van der Waals surface area contributed by atoms with E-state index in [0.29, 0.717) is 12.2 Å². The normalized spacial score (nSPS) is 24.3. The van der Waals surface area contributed by atoms with Crippen molar-refractivity contribution in [2.24, 2.45) is 0 Å². The molecule has 26 heavy (non-hydrogen) atoms. The molecule has 4 atom stereocenters. The molecule has 1 unspecified atom stereocenters. The van der Waals surface area contributed by atoms with E-state index in [2.05, 4.69) is 11.9 Å². The van der Waals surface area contributed by atoms with Crippen LogP contribution in [0.4, 0.5) is 0 Å². The number of aryl methyl sites for hydroxylation is 1. The van der Waals surface area contributed by atoms with Gasteiger partial charge in [0, 0.05) is 24.8 Å². The molecule has 1 saturated heterocycles. The van der Waals surface area contributed by atoms with E-state index in [4.69, 9.17) is 13.6 Å². The summed E-state index contributed by atoms with van der Waals surface area (Å²) in [5.41, 5.74) is -0.566. The van der Waals surface area contributed by atoms with Gasteiger partial charge < -0.3 is 18.7 Å². The van der Waals surface area contributed by atoms with Gasteiger partial charge >= 0.3 is 15.1 Å². The molecular formula is C16H29N3O6Si. The Balaban J connectivity index is 1.97. The third-order valence-corrected chi connectivity index (χ3v) is 6.09. The van der Waals surface area contributed by atoms with Crippen LogP contribution in [0.3, 0.4) is 0 Å². The first-order chi connectivity index (χ1) is 12.3. The fourth-order valence-corrected chi connectivity index (χ4v) is 4.10. The number of aromatic nitrogens is 2. The zero-order chi connectivity index (χ0) is 19.3. The van der Waals surface area contributed by atoms with E-state index in [1.54, 1.807) is 6.92 Å². The molecule has 0 radical (unpaired) electrons. The first-order valence-electron chi connectivity index (χ1n) is 8.88. The van der Waals surface area contributed by atoms with Crippen LogP contribution in [0.5, 0.6) is 0 Å². The molecule has 2 heterocycles. The van der Waals surface area contributed by atoms with E-state index in [9.17, 15) is 14.7 Å². The molecule has 1 aromatic heterocycles. The smallest absolute Gasteiger partial charge is 0.390 e. The van der Waals surface area contributed by atoms with Crippen molar-refractivity contribution in [3.8, 4) is 0 Å². The van der Waals surface area contributed by atoms with Crippen LogP contribution in [0, 0.1) is 6.92 Å². The van der Waals surface area contributed by atoms with E-state index in [1.807, 2.05) is 18.7 Å². The van der Waals surface area contributed by atoms with E-state index >= 15 is 0 Å². The molecule has 1 fully saturated rings. The summed E-state index contributed by atoms with van der Waals surface area (Å²) in [7, 11) is 1.79. The predicted molar refractivity (Wildman–Crippen MR) is 98.2 cm³/mol. The maximum Gasteiger partial charge on any atom is 0.410 e. The van der Waals surface area contributed by atoms with Gasteiger partial charge in [0.25, 0.3) is 5.56 Å². The number of nitrogens with one attached hydrogen (secondary N) is 1. The summed E-state index contributed by atoms with van der Waals surface area (Å²) in [6.07, 6.45) is 1.78. The molecule has 9 nitrogen and oxygen atoms in total. The average Bonchev–Trinajstić information content (AvgIpc) is 2.94. The van der Waals surface area contributed by atoms with Gasteiger partial charge in [0.15, 0.2) is 0 Å². The summed E-state index contributed by atoms with van der Waals surface area (Å²) in [6.45, 7) is 4.55. The van der Waals surface area contributed by atoms with Gasteiger partial charge in [-0.05, 0) is 27.4 Å². The molecule has 0 amide bonds. The lowest BCUT2D eigenvalue weighted by atomic mass is 10.2. The summed E-state index contributed by atoms with van der Waals surface area (Å²) in [4.78, 5) is 25.7. The van der Waals surface area contributed by atoms with Crippen LogP contribution in [0.25, 0.3) is 0 Å². The number of aliphatic hydroxyl groups is 1. The van der Waals surface area contributed by atoms with E-state index < -0.39 is 39.1 Å². The lowest BCUT2D eigenvalue weighted by Gasteiger charge is -2.24. The lowest BCUT2D eigenvalue weighted by molar-refractivity contribution is -0.0477.